The van der Waals surface area contributed by atoms with E-state index in [2.05, 4.69) is 0 Å². The van der Waals surface area contributed by atoms with E-state index in [4.69, 9.17) is 9.47 Å². The predicted molar refractivity (Wildman–Crippen MR) is 112 cm³/mol. The van der Waals surface area contributed by atoms with Gasteiger partial charge in [0.25, 0.3) is 0 Å². The summed E-state index contributed by atoms with van der Waals surface area (Å²) < 4.78 is 63.0. The number of rotatable bonds is 5. The molecule has 0 aliphatic carbocycles. The quantitative estimate of drug-likeness (QED) is 0.676. The lowest BCUT2D eigenvalue weighted by atomic mass is 10.0. The third-order valence-electron chi connectivity index (χ3n) is 4.68. The number of halogens is 2. The Morgan fingerprint density at radius 3 is 2.13 bits per heavy atom. The van der Waals surface area contributed by atoms with Crippen LogP contribution >= 0.6 is 0 Å². The summed E-state index contributed by atoms with van der Waals surface area (Å²) in [7, 11) is -3.40. The number of hydrogen-bond acceptors (Lipinski definition) is 5. The maximum Gasteiger partial charge on any atom is 0.410 e. The van der Waals surface area contributed by atoms with Crippen molar-refractivity contribution in [2.24, 2.45) is 5.92 Å². The highest BCUT2D eigenvalue weighted by Gasteiger charge is 2.34. The van der Waals surface area contributed by atoms with Gasteiger partial charge in [-0.2, -0.15) is 0 Å². The van der Waals surface area contributed by atoms with Gasteiger partial charge in [-0.15, -0.1) is 0 Å². The topological polar surface area (TPSA) is 72.9 Å². The first-order valence-corrected chi connectivity index (χ1v) is 11.6. The molecule has 0 aromatic heterocycles. The number of hydrogen-bond donors (Lipinski definition) is 0. The molecule has 31 heavy (non-hydrogen) atoms. The number of nitrogens with zero attached hydrogens (tertiary/aromatic N) is 1. The van der Waals surface area contributed by atoms with E-state index in [0.29, 0.717) is 13.1 Å². The van der Waals surface area contributed by atoms with Crippen LogP contribution < -0.4 is 4.74 Å². The Bertz CT molecular complexity index is 1050. The van der Waals surface area contributed by atoms with Crippen LogP contribution in [-0.2, 0) is 14.6 Å². The fraction of sp³-hybridized carbons (Fsp3) is 0.409. The number of benzene rings is 2. The molecule has 1 saturated heterocycles. The number of amides is 1. The Morgan fingerprint density at radius 1 is 1.10 bits per heavy atom. The van der Waals surface area contributed by atoms with Crippen molar-refractivity contribution >= 4 is 15.9 Å². The highest BCUT2D eigenvalue weighted by molar-refractivity contribution is 7.90. The molecule has 0 N–H and O–H groups in total. The molecule has 1 fully saturated rings. The number of ether oxygens (including phenoxy) is 2. The maximum absolute atomic E-state index is 14.6. The molecule has 6 nitrogen and oxygen atoms in total. The standard InChI is InChI=1S/C22H25F2NO5S/c1-22(2,3)30-21(26)25-11-14(12-25)13-29-16-9-18(23)20(19(24)10-16)15-5-7-17(8-6-15)31(4,27)28/h5-10,14H,11-13H2,1-4H3. The summed E-state index contributed by atoms with van der Waals surface area (Å²) in [6.07, 6.45) is 0.663. The van der Waals surface area contributed by atoms with E-state index < -0.39 is 33.2 Å². The van der Waals surface area contributed by atoms with E-state index in [1.54, 1.807) is 25.7 Å². The first-order valence-electron chi connectivity index (χ1n) is 9.74. The molecule has 3 rings (SSSR count). The van der Waals surface area contributed by atoms with Gasteiger partial charge in [-0.25, -0.2) is 22.0 Å². The van der Waals surface area contributed by atoms with Gasteiger partial charge in [-0.05, 0) is 38.5 Å². The van der Waals surface area contributed by atoms with Crippen molar-refractivity contribution in [2.45, 2.75) is 31.3 Å². The van der Waals surface area contributed by atoms with Crippen LogP contribution in [0.5, 0.6) is 5.75 Å². The Hall–Kier alpha value is -2.68. The van der Waals surface area contributed by atoms with Gasteiger partial charge in [0.1, 0.15) is 23.0 Å². The second-order valence-corrected chi connectivity index (χ2v) is 10.6. The summed E-state index contributed by atoms with van der Waals surface area (Å²) in [5.41, 5.74) is -0.603. The van der Waals surface area contributed by atoms with E-state index >= 15 is 0 Å². The lowest BCUT2D eigenvalue weighted by Gasteiger charge is -2.39. The Kier molecular flexibility index (Phi) is 6.27. The van der Waals surface area contributed by atoms with Crippen LogP contribution in [0.4, 0.5) is 13.6 Å². The van der Waals surface area contributed by atoms with E-state index in [-0.39, 0.29) is 34.3 Å². The first kappa shape index (κ1) is 23.0. The van der Waals surface area contributed by atoms with E-state index in [9.17, 15) is 22.0 Å². The SMILES string of the molecule is CC(C)(C)OC(=O)N1CC(COc2cc(F)c(-c3ccc(S(C)(=O)=O)cc3)c(F)c2)C1. The monoisotopic (exact) mass is 453 g/mol. The van der Waals surface area contributed by atoms with E-state index in [1.165, 1.54) is 24.3 Å². The van der Waals surface area contributed by atoms with Gasteiger partial charge in [-0.1, -0.05) is 12.1 Å². The average molecular weight is 454 g/mol. The normalized spacial score (nSPS) is 14.8. The third kappa shape index (κ3) is 5.72. The minimum absolute atomic E-state index is 0.0434. The van der Waals surface area contributed by atoms with Gasteiger partial charge in [0, 0.05) is 37.4 Å². The highest BCUT2D eigenvalue weighted by atomic mass is 32.2. The molecule has 0 unspecified atom stereocenters. The fourth-order valence-electron chi connectivity index (χ4n) is 3.14. The summed E-state index contributed by atoms with van der Waals surface area (Å²) in [6.45, 7) is 6.48. The summed E-state index contributed by atoms with van der Waals surface area (Å²) in [5.74, 6) is -1.54. The Morgan fingerprint density at radius 2 is 1.65 bits per heavy atom. The summed E-state index contributed by atoms with van der Waals surface area (Å²) in [6, 6.07) is 7.51. The van der Waals surface area contributed by atoms with E-state index in [0.717, 1.165) is 18.4 Å². The van der Waals surface area contributed by atoms with Crippen molar-refractivity contribution in [1.82, 2.24) is 4.90 Å². The number of sulfone groups is 1. The van der Waals surface area contributed by atoms with Gasteiger partial charge in [-0.3, -0.25) is 0 Å². The first-order chi connectivity index (χ1) is 14.3. The Labute approximate surface area is 180 Å². The van der Waals surface area contributed by atoms with Gasteiger partial charge in [0.15, 0.2) is 9.84 Å². The minimum atomic E-state index is -3.40. The molecule has 0 radical (unpaired) electrons. The van der Waals surface area contributed by atoms with Crippen LogP contribution in [0, 0.1) is 17.6 Å². The molecule has 2 aromatic carbocycles. The van der Waals surface area contributed by atoms with Crippen molar-refractivity contribution in [2.75, 3.05) is 26.0 Å². The summed E-state index contributed by atoms with van der Waals surface area (Å²) >= 11 is 0. The molecule has 1 heterocycles. The molecule has 0 saturated carbocycles. The molecule has 0 atom stereocenters. The van der Waals surface area contributed by atoms with Crippen LogP contribution in [0.15, 0.2) is 41.3 Å². The van der Waals surface area contributed by atoms with Crippen molar-refractivity contribution in [1.29, 1.82) is 0 Å². The smallest absolute Gasteiger partial charge is 0.410 e. The van der Waals surface area contributed by atoms with Gasteiger partial charge in [0.05, 0.1) is 17.1 Å². The van der Waals surface area contributed by atoms with Crippen LogP contribution in [-0.4, -0.2) is 51.0 Å². The van der Waals surface area contributed by atoms with Crippen molar-refractivity contribution < 1.29 is 31.5 Å². The molecule has 1 aliphatic heterocycles. The van der Waals surface area contributed by atoms with Crippen molar-refractivity contribution in [3.05, 3.63) is 48.0 Å². The number of carbonyl (C=O) groups is 1. The molecule has 0 bridgehead atoms. The molecule has 9 heteroatoms. The second kappa shape index (κ2) is 8.45. The van der Waals surface area contributed by atoms with E-state index in [1.807, 2.05) is 0 Å². The zero-order valence-electron chi connectivity index (χ0n) is 17.8. The molecular formula is C22H25F2NO5S. The zero-order chi connectivity index (χ0) is 23.0. The molecule has 0 spiro atoms. The molecule has 168 valence electrons. The molecule has 2 aromatic rings. The van der Waals surface area contributed by atoms with Crippen LogP contribution in [0.25, 0.3) is 11.1 Å². The lowest BCUT2D eigenvalue weighted by Crippen LogP contribution is -2.53. The molecule has 1 amide bonds. The van der Waals surface area contributed by atoms with Crippen molar-refractivity contribution in [3.63, 3.8) is 0 Å². The molecular weight excluding hydrogens is 428 g/mol. The number of carbonyl (C=O) groups excluding carboxylic acids is 1. The van der Waals surface area contributed by atoms with Gasteiger partial charge in [0.2, 0.25) is 0 Å². The minimum Gasteiger partial charge on any atom is -0.493 e. The van der Waals surface area contributed by atoms with Gasteiger partial charge >= 0.3 is 6.09 Å². The van der Waals surface area contributed by atoms with Crippen molar-refractivity contribution in [3.8, 4) is 16.9 Å². The Balaban J connectivity index is 1.61. The average Bonchev–Trinajstić information content (AvgIpc) is 2.58. The highest BCUT2D eigenvalue weighted by Crippen LogP contribution is 2.31. The van der Waals surface area contributed by atoms with Gasteiger partial charge < -0.3 is 14.4 Å². The largest absolute Gasteiger partial charge is 0.493 e. The van der Waals surface area contributed by atoms with Crippen LogP contribution in [0.3, 0.4) is 0 Å². The maximum atomic E-state index is 14.6. The third-order valence-corrected chi connectivity index (χ3v) is 5.81. The summed E-state index contributed by atoms with van der Waals surface area (Å²) in [5, 5.41) is 0. The number of likely N-dealkylation sites (tertiary alicyclic amines) is 1. The second-order valence-electron chi connectivity index (χ2n) is 8.62. The van der Waals surface area contributed by atoms with Crippen LogP contribution in [0.2, 0.25) is 0 Å². The van der Waals surface area contributed by atoms with Crippen LogP contribution in [0.1, 0.15) is 20.8 Å². The predicted octanol–water partition coefficient (Wildman–Crippen LogP) is 4.28. The summed E-state index contributed by atoms with van der Waals surface area (Å²) in [4.78, 5) is 13.5. The molecule has 1 aliphatic rings. The lowest BCUT2D eigenvalue weighted by molar-refractivity contribution is -0.00783. The zero-order valence-corrected chi connectivity index (χ0v) is 18.6. The fourth-order valence-corrected chi connectivity index (χ4v) is 3.77.